The summed E-state index contributed by atoms with van der Waals surface area (Å²) in [4.78, 5) is 24.0. The topological polar surface area (TPSA) is 102 Å². The molecule has 0 unspecified atom stereocenters. The molecule has 0 atom stereocenters. The Kier molecular flexibility index (Phi) is 6.84. The lowest BCUT2D eigenvalue weighted by atomic mass is 10.1. The molecule has 0 spiro atoms. The van der Waals surface area contributed by atoms with E-state index in [4.69, 9.17) is 4.74 Å². The van der Waals surface area contributed by atoms with Gasteiger partial charge >= 0.3 is 5.97 Å². The van der Waals surface area contributed by atoms with Gasteiger partial charge in [0.2, 0.25) is 0 Å². The number of amides is 1. The predicted octanol–water partition coefficient (Wildman–Crippen LogP) is 3.32. The summed E-state index contributed by atoms with van der Waals surface area (Å²) in [5.74, 6) is -1.15. The second-order valence-electron chi connectivity index (χ2n) is 7.01. The van der Waals surface area contributed by atoms with E-state index in [2.05, 4.69) is 26.0 Å². The molecule has 0 aliphatic heterocycles. The number of halogens is 1. The first-order chi connectivity index (χ1) is 13.0. The van der Waals surface area contributed by atoms with E-state index >= 15 is 0 Å². The summed E-state index contributed by atoms with van der Waals surface area (Å²) < 4.78 is 33.0. The Hall–Kier alpha value is -2.39. The molecule has 150 valence electrons. The molecule has 0 saturated heterocycles. The van der Waals surface area contributed by atoms with Crippen LogP contribution in [0, 0.1) is 0 Å². The van der Waals surface area contributed by atoms with Gasteiger partial charge in [-0.15, -0.1) is 0 Å². The fourth-order valence-electron chi connectivity index (χ4n) is 2.21. The fourth-order valence-corrected chi connectivity index (χ4v) is 3.52. The van der Waals surface area contributed by atoms with Crippen molar-refractivity contribution in [2.45, 2.75) is 31.2 Å². The van der Waals surface area contributed by atoms with Crippen LogP contribution in [0.1, 0.15) is 31.1 Å². The second-order valence-corrected chi connectivity index (χ2v) is 9.61. The molecule has 0 saturated carbocycles. The summed E-state index contributed by atoms with van der Waals surface area (Å²) >= 11 is 3.25. The number of nitrogens with one attached hydrogen (secondary N) is 2. The lowest BCUT2D eigenvalue weighted by Crippen LogP contribution is -2.42. The third-order valence-corrected chi connectivity index (χ3v) is 5.25. The standard InChI is InChI=1S/C19H21BrN2O5S/c1-19(2,3)21-17(23)12-27-18(24)13-5-4-6-15(11-13)22-28(25,26)16-9-7-14(20)8-10-16/h4-11,22H,12H2,1-3H3,(H,21,23). The Morgan fingerprint density at radius 1 is 1.07 bits per heavy atom. The molecule has 2 aromatic rings. The fraction of sp³-hybridized carbons (Fsp3) is 0.263. The van der Waals surface area contributed by atoms with Crippen LogP contribution in [0.4, 0.5) is 5.69 Å². The van der Waals surface area contributed by atoms with E-state index in [-0.39, 0.29) is 16.1 Å². The molecule has 0 radical (unpaired) electrons. The number of sulfonamides is 1. The maximum Gasteiger partial charge on any atom is 0.338 e. The molecular formula is C19H21BrN2O5S. The highest BCUT2D eigenvalue weighted by Crippen LogP contribution is 2.19. The van der Waals surface area contributed by atoms with Crippen molar-refractivity contribution in [3.8, 4) is 0 Å². The average Bonchev–Trinajstić information content (AvgIpc) is 2.58. The number of benzene rings is 2. The first kappa shape index (κ1) is 21.9. The van der Waals surface area contributed by atoms with Crippen molar-refractivity contribution in [2.75, 3.05) is 11.3 Å². The van der Waals surface area contributed by atoms with Crippen molar-refractivity contribution >= 4 is 43.5 Å². The van der Waals surface area contributed by atoms with E-state index in [0.717, 1.165) is 4.47 Å². The van der Waals surface area contributed by atoms with Crippen molar-refractivity contribution in [3.63, 3.8) is 0 Å². The normalized spacial score (nSPS) is 11.6. The minimum absolute atomic E-state index is 0.0857. The molecule has 2 rings (SSSR count). The minimum Gasteiger partial charge on any atom is -0.452 e. The predicted molar refractivity (Wildman–Crippen MR) is 110 cm³/mol. The van der Waals surface area contributed by atoms with E-state index in [9.17, 15) is 18.0 Å². The van der Waals surface area contributed by atoms with Crippen molar-refractivity contribution in [1.29, 1.82) is 0 Å². The Balaban J connectivity index is 2.06. The van der Waals surface area contributed by atoms with E-state index in [0.29, 0.717) is 0 Å². The molecular weight excluding hydrogens is 448 g/mol. The highest BCUT2D eigenvalue weighted by molar-refractivity contribution is 9.10. The van der Waals surface area contributed by atoms with Gasteiger partial charge in [0.05, 0.1) is 10.5 Å². The largest absolute Gasteiger partial charge is 0.452 e. The maximum atomic E-state index is 12.4. The van der Waals surface area contributed by atoms with Crippen molar-refractivity contribution in [2.24, 2.45) is 0 Å². The SMILES string of the molecule is CC(C)(C)NC(=O)COC(=O)c1cccc(NS(=O)(=O)c2ccc(Br)cc2)c1. The van der Waals surface area contributed by atoms with Crippen LogP contribution >= 0.6 is 15.9 Å². The third-order valence-electron chi connectivity index (χ3n) is 3.32. The molecule has 0 fully saturated rings. The zero-order valence-corrected chi connectivity index (χ0v) is 18.1. The quantitative estimate of drug-likeness (QED) is 0.633. The van der Waals surface area contributed by atoms with Crippen LogP contribution in [-0.2, 0) is 19.6 Å². The summed E-state index contributed by atoms with van der Waals surface area (Å²) in [6.07, 6.45) is 0. The first-order valence-electron chi connectivity index (χ1n) is 8.33. The molecule has 0 aliphatic carbocycles. The van der Waals surface area contributed by atoms with Gasteiger partial charge in [0, 0.05) is 15.7 Å². The number of hydrogen-bond acceptors (Lipinski definition) is 5. The Labute approximate surface area is 172 Å². The monoisotopic (exact) mass is 468 g/mol. The van der Waals surface area contributed by atoms with Gasteiger partial charge in [-0.3, -0.25) is 9.52 Å². The van der Waals surface area contributed by atoms with Gasteiger partial charge in [-0.25, -0.2) is 13.2 Å². The summed E-state index contributed by atoms with van der Waals surface area (Å²) in [5.41, 5.74) is -0.106. The minimum atomic E-state index is -3.81. The van der Waals surface area contributed by atoms with Gasteiger partial charge in [-0.05, 0) is 63.2 Å². The molecule has 9 heteroatoms. The lowest BCUT2D eigenvalue weighted by Gasteiger charge is -2.20. The number of hydrogen-bond donors (Lipinski definition) is 2. The molecule has 1 amide bonds. The van der Waals surface area contributed by atoms with E-state index < -0.39 is 34.0 Å². The molecule has 0 bridgehead atoms. The van der Waals surface area contributed by atoms with Gasteiger partial charge in [0.1, 0.15) is 0 Å². The van der Waals surface area contributed by atoms with Crippen LogP contribution in [0.5, 0.6) is 0 Å². The molecule has 2 aromatic carbocycles. The van der Waals surface area contributed by atoms with Crippen LogP contribution in [0.2, 0.25) is 0 Å². The van der Waals surface area contributed by atoms with E-state index in [1.54, 1.807) is 12.1 Å². The van der Waals surface area contributed by atoms with Crippen LogP contribution in [0.25, 0.3) is 0 Å². The van der Waals surface area contributed by atoms with Crippen LogP contribution in [0.15, 0.2) is 57.9 Å². The van der Waals surface area contributed by atoms with Crippen molar-refractivity contribution in [1.82, 2.24) is 5.32 Å². The number of anilines is 1. The molecule has 0 aromatic heterocycles. The Bertz CT molecular complexity index is 967. The summed E-state index contributed by atoms with van der Waals surface area (Å²) in [5, 5.41) is 2.68. The Morgan fingerprint density at radius 3 is 2.32 bits per heavy atom. The molecule has 28 heavy (non-hydrogen) atoms. The smallest absolute Gasteiger partial charge is 0.338 e. The van der Waals surface area contributed by atoms with Crippen molar-refractivity contribution < 1.29 is 22.7 Å². The number of rotatable bonds is 6. The zero-order chi connectivity index (χ0) is 20.9. The van der Waals surface area contributed by atoms with Gasteiger partial charge in [0.25, 0.3) is 15.9 Å². The van der Waals surface area contributed by atoms with Crippen LogP contribution < -0.4 is 10.0 Å². The van der Waals surface area contributed by atoms with Crippen LogP contribution in [0.3, 0.4) is 0 Å². The van der Waals surface area contributed by atoms with Crippen molar-refractivity contribution in [3.05, 3.63) is 58.6 Å². The maximum absolute atomic E-state index is 12.4. The Morgan fingerprint density at radius 2 is 1.71 bits per heavy atom. The molecule has 0 aliphatic rings. The zero-order valence-electron chi connectivity index (χ0n) is 15.7. The van der Waals surface area contributed by atoms with E-state index in [1.165, 1.54) is 36.4 Å². The highest BCUT2D eigenvalue weighted by Gasteiger charge is 2.18. The van der Waals surface area contributed by atoms with Gasteiger partial charge < -0.3 is 10.1 Å². The van der Waals surface area contributed by atoms with Gasteiger partial charge in [-0.1, -0.05) is 22.0 Å². The van der Waals surface area contributed by atoms with Gasteiger partial charge in [-0.2, -0.15) is 0 Å². The highest BCUT2D eigenvalue weighted by atomic mass is 79.9. The number of carbonyl (C=O) groups is 2. The molecule has 2 N–H and O–H groups in total. The third kappa shape index (κ3) is 6.65. The summed E-state index contributed by atoms with van der Waals surface area (Å²) in [7, 11) is -3.81. The average molecular weight is 469 g/mol. The van der Waals surface area contributed by atoms with Gasteiger partial charge in [0.15, 0.2) is 6.61 Å². The lowest BCUT2D eigenvalue weighted by molar-refractivity contribution is -0.125. The summed E-state index contributed by atoms with van der Waals surface area (Å²) in [6, 6.07) is 12.0. The molecule has 7 nitrogen and oxygen atoms in total. The van der Waals surface area contributed by atoms with Crippen LogP contribution in [-0.4, -0.2) is 32.4 Å². The van der Waals surface area contributed by atoms with E-state index in [1.807, 2.05) is 20.8 Å². The number of ether oxygens (including phenoxy) is 1. The first-order valence-corrected chi connectivity index (χ1v) is 10.6. The molecule has 0 heterocycles. The second kappa shape index (κ2) is 8.74. The number of esters is 1. The summed E-state index contributed by atoms with van der Waals surface area (Å²) in [6.45, 7) is 5.01. The number of carbonyl (C=O) groups excluding carboxylic acids is 2.